The van der Waals surface area contributed by atoms with Gasteiger partial charge in [0.05, 0.1) is 28.6 Å². The number of nitrogens with one attached hydrogen (secondary N) is 1. The van der Waals surface area contributed by atoms with Gasteiger partial charge in [-0.25, -0.2) is 0 Å². The predicted octanol–water partition coefficient (Wildman–Crippen LogP) is 2.97. The second kappa shape index (κ2) is 7.43. The van der Waals surface area contributed by atoms with Crippen LogP contribution >= 0.6 is 11.6 Å². The number of likely N-dealkylation sites (N-methyl/N-ethyl adjacent to an activating group) is 1. The van der Waals surface area contributed by atoms with E-state index in [1.54, 1.807) is 0 Å². The zero-order valence-corrected chi connectivity index (χ0v) is 14.3. The van der Waals surface area contributed by atoms with Gasteiger partial charge in [0.2, 0.25) is 0 Å². The van der Waals surface area contributed by atoms with Gasteiger partial charge in [-0.2, -0.15) is 5.10 Å². The van der Waals surface area contributed by atoms with Gasteiger partial charge in [-0.05, 0) is 33.7 Å². The van der Waals surface area contributed by atoms with Crippen LogP contribution < -0.4 is 5.32 Å². The lowest BCUT2D eigenvalue weighted by molar-refractivity contribution is -0.0143. The van der Waals surface area contributed by atoms with Gasteiger partial charge in [0.1, 0.15) is 0 Å². The minimum atomic E-state index is -0.126. The Kier molecular flexibility index (Phi) is 6.49. The standard InChI is InChI=1S/C15H28ClN3O/c1-7-12-14(16)13(19(6)18-12)9-11(17-8-2)10-20-15(3,4)5/h11,17H,7-10H2,1-6H3. The molecular weight excluding hydrogens is 274 g/mol. The third-order valence-electron chi connectivity index (χ3n) is 3.15. The molecule has 0 radical (unpaired) electrons. The quantitative estimate of drug-likeness (QED) is 0.841. The van der Waals surface area contributed by atoms with Gasteiger partial charge in [-0.3, -0.25) is 4.68 Å². The fourth-order valence-electron chi connectivity index (χ4n) is 2.10. The summed E-state index contributed by atoms with van der Waals surface area (Å²) in [6.07, 6.45) is 1.68. The number of aryl methyl sites for hydroxylation is 2. The van der Waals surface area contributed by atoms with Crippen LogP contribution in [0, 0.1) is 0 Å². The van der Waals surface area contributed by atoms with E-state index in [0.717, 1.165) is 35.8 Å². The SMILES string of the molecule is CCNC(COC(C)(C)C)Cc1c(Cl)c(CC)nn1C. The lowest BCUT2D eigenvalue weighted by Gasteiger charge is -2.25. The Labute approximate surface area is 127 Å². The molecule has 116 valence electrons. The van der Waals surface area contributed by atoms with Crippen molar-refractivity contribution in [1.29, 1.82) is 0 Å². The summed E-state index contributed by atoms with van der Waals surface area (Å²) in [5.41, 5.74) is 1.92. The lowest BCUT2D eigenvalue weighted by Crippen LogP contribution is -2.38. The number of nitrogens with zero attached hydrogens (tertiary/aromatic N) is 2. The molecule has 1 heterocycles. The molecule has 1 N–H and O–H groups in total. The molecule has 0 fully saturated rings. The van der Waals surface area contributed by atoms with Crippen molar-refractivity contribution in [2.75, 3.05) is 13.2 Å². The van der Waals surface area contributed by atoms with E-state index in [9.17, 15) is 0 Å². The van der Waals surface area contributed by atoms with E-state index in [1.807, 2.05) is 11.7 Å². The minimum Gasteiger partial charge on any atom is -0.374 e. The molecule has 1 aromatic rings. The molecule has 0 aliphatic carbocycles. The van der Waals surface area contributed by atoms with E-state index in [0.29, 0.717) is 6.61 Å². The van der Waals surface area contributed by atoms with Gasteiger partial charge < -0.3 is 10.1 Å². The summed E-state index contributed by atoms with van der Waals surface area (Å²) in [7, 11) is 1.95. The van der Waals surface area contributed by atoms with Crippen molar-refractivity contribution < 1.29 is 4.74 Å². The Balaban J connectivity index is 2.77. The highest BCUT2D eigenvalue weighted by molar-refractivity contribution is 6.31. The van der Waals surface area contributed by atoms with Gasteiger partial charge in [0.25, 0.3) is 0 Å². The number of ether oxygens (including phenoxy) is 1. The van der Waals surface area contributed by atoms with E-state index in [-0.39, 0.29) is 11.6 Å². The Bertz CT molecular complexity index is 423. The number of hydrogen-bond acceptors (Lipinski definition) is 3. The van der Waals surface area contributed by atoms with Crippen LogP contribution in [-0.4, -0.2) is 34.6 Å². The second-order valence-electron chi connectivity index (χ2n) is 6.07. The molecule has 0 saturated heterocycles. The van der Waals surface area contributed by atoms with Crippen molar-refractivity contribution >= 4 is 11.6 Å². The topological polar surface area (TPSA) is 39.1 Å². The van der Waals surface area contributed by atoms with E-state index < -0.39 is 0 Å². The summed E-state index contributed by atoms with van der Waals surface area (Å²) in [6, 6.07) is 0.247. The Morgan fingerprint density at radius 2 is 2.00 bits per heavy atom. The first-order chi connectivity index (χ1) is 9.28. The summed E-state index contributed by atoms with van der Waals surface area (Å²) < 4.78 is 7.79. The molecule has 1 aromatic heterocycles. The van der Waals surface area contributed by atoms with Crippen LogP contribution in [-0.2, 0) is 24.6 Å². The summed E-state index contributed by atoms with van der Waals surface area (Å²) >= 11 is 6.41. The fraction of sp³-hybridized carbons (Fsp3) is 0.800. The van der Waals surface area contributed by atoms with Crippen molar-refractivity contribution in [3.63, 3.8) is 0 Å². The second-order valence-corrected chi connectivity index (χ2v) is 6.44. The molecule has 0 aliphatic rings. The van der Waals surface area contributed by atoms with Crippen molar-refractivity contribution in [3.05, 3.63) is 16.4 Å². The molecule has 4 nitrogen and oxygen atoms in total. The third-order valence-corrected chi connectivity index (χ3v) is 3.59. The molecule has 0 spiro atoms. The molecule has 0 bridgehead atoms. The smallest absolute Gasteiger partial charge is 0.0850 e. The Hall–Kier alpha value is -0.580. The van der Waals surface area contributed by atoms with Gasteiger partial charge in [-0.15, -0.1) is 0 Å². The number of halogens is 1. The van der Waals surface area contributed by atoms with Crippen LogP contribution in [0.25, 0.3) is 0 Å². The normalized spacial score (nSPS) is 13.8. The number of hydrogen-bond donors (Lipinski definition) is 1. The highest BCUT2D eigenvalue weighted by atomic mass is 35.5. The molecule has 5 heteroatoms. The molecule has 0 saturated carbocycles. The van der Waals surface area contributed by atoms with Crippen molar-refractivity contribution in [3.8, 4) is 0 Å². The maximum Gasteiger partial charge on any atom is 0.0850 e. The van der Waals surface area contributed by atoms with Gasteiger partial charge in [-0.1, -0.05) is 25.4 Å². The highest BCUT2D eigenvalue weighted by Crippen LogP contribution is 2.22. The van der Waals surface area contributed by atoms with Gasteiger partial charge in [0.15, 0.2) is 0 Å². The predicted molar refractivity (Wildman–Crippen MR) is 84.5 cm³/mol. The minimum absolute atomic E-state index is 0.126. The van der Waals surface area contributed by atoms with Crippen LogP contribution in [0.4, 0.5) is 0 Å². The molecule has 0 aromatic carbocycles. The van der Waals surface area contributed by atoms with Crippen LogP contribution in [0.1, 0.15) is 46.0 Å². The van der Waals surface area contributed by atoms with E-state index in [4.69, 9.17) is 16.3 Å². The average Bonchev–Trinajstić information content (AvgIpc) is 2.62. The maximum atomic E-state index is 6.41. The number of aromatic nitrogens is 2. The summed E-state index contributed by atoms with van der Waals surface area (Å²) in [4.78, 5) is 0. The van der Waals surface area contributed by atoms with Crippen LogP contribution in [0.3, 0.4) is 0 Å². The zero-order chi connectivity index (χ0) is 15.3. The Morgan fingerprint density at radius 1 is 1.35 bits per heavy atom. The summed E-state index contributed by atoms with van der Waals surface area (Å²) in [6.45, 7) is 12.0. The summed E-state index contributed by atoms with van der Waals surface area (Å²) in [5, 5.41) is 8.73. The van der Waals surface area contributed by atoms with Crippen molar-refractivity contribution in [1.82, 2.24) is 15.1 Å². The van der Waals surface area contributed by atoms with E-state index in [1.165, 1.54) is 0 Å². The van der Waals surface area contributed by atoms with Crippen molar-refractivity contribution in [2.45, 2.75) is 59.1 Å². The maximum absolute atomic E-state index is 6.41. The Morgan fingerprint density at radius 3 is 2.45 bits per heavy atom. The monoisotopic (exact) mass is 301 g/mol. The average molecular weight is 302 g/mol. The van der Waals surface area contributed by atoms with Crippen LogP contribution in [0.5, 0.6) is 0 Å². The zero-order valence-electron chi connectivity index (χ0n) is 13.6. The van der Waals surface area contributed by atoms with E-state index >= 15 is 0 Å². The molecule has 0 amide bonds. The van der Waals surface area contributed by atoms with Gasteiger partial charge in [0, 0.05) is 19.5 Å². The van der Waals surface area contributed by atoms with E-state index in [2.05, 4.69) is 45.0 Å². The number of rotatable bonds is 7. The van der Waals surface area contributed by atoms with Gasteiger partial charge >= 0.3 is 0 Å². The fourth-order valence-corrected chi connectivity index (χ4v) is 2.48. The molecule has 1 unspecified atom stereocenters. The first kappa shape index (κ1) is 17.5. The third kappa shape index (κ3) is 5.08. The first-order valence-corrected chi connectivity index (χ1v) is 7.73. The van der Waals surface area contributed by atoms with Crippen molar-refractivity contribution in [2.24, 2.45) is 7.05 Å². The highest BCUT2D eigenvalue weighted by Gasteiger charge is 2.20. The molecule has 20 heavy (non-hydrogen) atoms. The molecule has 0 aliphatic heterocycles. The molecule has 1 rings (SSSR count). The molecular formula is C15H28ClN3O. The van der Waals surface area contributed by atoms with Crippen LogP contribution in [0.2, 0.25) is 5.02 Å². The summed E-state index contributed by atoms with van der Waals surface area (Å²) in [5.74, 6) is 0. The molecule has 1 atom stereocenters. The largest absolute Gasteiger partial charge is 0.374 e. The first-order valence-electron chi connectivity index (χ1n) is 7.36. The van der Waals surface area contributed by atoms with Crippen LogP contribution in [0.15, 0.2) is 0 Å². The lowest BCUT2D eigenvalue weighted by atomic mass is 10.1.